The van der Waals surface area contributed by atoms with E-state index >= 15 is 0 Å². The Morgan fingerprint density at radius 1 is 1.18 bits per heavy atom. The third kappa shape index (κ3) is 5.23. The summed E-state index contributed by atoms with van der Waals surface area (Å²) in [7, 11) is 0. The molecule has 0 aliphatic carbocycles. The van der Waals surface area contributed by atoms with Crippen LogP contribution in [0.2, 0.25) is 0 Å². The Morgan fingerprint density at radius 2 is 1.59 bits per heavy atom. The monoisotopic (exact) mass is 327 g/mol. The lowest BCUT2D eigenvalue weighted by Crippen LogP contribution is -2.40. The lowest BCUT2D eigenvalue weighted by Gasteiger charge is -2.23. The van der Waals surface area contributed by atoms with E-state index in [2.05, 4.69) is 5.73 Å². The second-order valence-corrected chi connectivity index (χ2v) is 4.65. The topological polar surface area (TPSA) is 77.0 Å². The van der Waals surface area contributed by atoms with Crippen molar-refractivity contribution in [2.24, 2.45) is 0 Å². The number of carboxylic acid groups (broad SMARTS) is 1. The molecular weight excluding hydrogens is 313 g/mol. The van der Waals surface area contributed by atoms with Crippen molar-refractivity contribution < 1.29 is 42.3 Å². The largest absolute Gasteiger partial charge is 0.542 e. The van der Waals surface area contributed by atoms with Gasteiger partial charge in [0.15, 0.2) is 0 Å². The molecule has 0 amide bonds. The quantitative estimate of drug-likeness (QED) is 0.783. The fourth-order valence-electron chi connectivity index (χ4n) is 2.01. The fraction of sp³-hybridized carbons (Fsp3) is 0.462. The predicted molar refractivity (Wildman–Crippen MR) is 62.8 cm³/mol. The maximum atomic E-state index is 13.6. The second-order valence-electron chi connectivity index (χ2n) is 4.65. The first-order valence-electron chi connectivity index (χ1n) is 6.29. The van der Waals surface area contributed by atoms with Crippen LogP contribution in [0.15, 0.2) is 12.1 Å². The number of halogens is 5. The van der Waals surface area contributed by atoms with Crippen molar-refractivity contribution in [2.45, 2.75) is 24.9 Å². The van der Waals surface area contributed by atoms with E-state index in [1.807, 2.05) is 0 Å². The van der Waals surface area contributed by atoms with Gasteiger partial charge in [0.1, 0.15) is 23.3 Å². The number of quaternary nitrogens is 1. The van der Waals surface area contributed by atoms with Crippen molar-refractivity contribution in [3.8, 4) is 0 Å². The first-order valence-corrected chi connectivity index (χ1v) is 6.29. The van der Waals surface area contributed by atoms with Crippen LogP contribution in [0.25, 0.3) is 0 Å². The Balaban J connectivity index is 0.000000295. The highest BCUT2D eigenvalue weighted by Crippen LogP contribution is 2.31. The molecule has 124 valence electrons. The summed E-state index contributed by atoms with van der Waals surface area (Å²) in [5.41, 5.74) is 4.10. The van der Waals surface area contributed by atoms with Crippen LogP contribution in [0.4, 0.5) is 27.6 Å². The van der Waals surface area contributed by atoms with Crippen molar-refractivity contribution >= 4 is 11.7 Å². The molecule has 22 heavy (non-hydrogen) atoms. The van der Waals surface area contributed by atoms with Gasteiger partial charge in [-0.2, -0.15) is 13.2 Å². The molecule has 0 bridgehead atoms. The number of rotatable bonds is 1. The Kier molecular flexibility index (Phi) is 6.24. The molecule has 2 rings (SSSR count). The molecule has 0 unspecified atom stereocenters. The first-order chi connectivity index (χ1) is 10.1. The highest BCUT2D eigenvalue weighted by atomic mass is 19.4. The second kappa shape index (κ2) is 7.50. The van der Waals surface area contributed by atoms with E-state index in [4.69, 9.17) is 14.6 Å². The Morgan fingerprint density at radius 3 is 1.95 bits per heavy atom. The molecule has 1 saturated heterocycles. The van der Waals surface area contributed by atoms with Crippen LogP contribution in [0.3, 0.4) is 0 Å². The van der Waals surface area contributed by atoms with Crippen LogP contribution >= 0.6 is 0 Å². The molecule has 0 radical (unpaired) electrons. The van der Waals surface area contributed by atoms with Gasteiger partial charge in [-0.3, -0.25) is 0 Å². The average Bonchev–Trinajstić information content (AvgIpc) is 2.38. The third-order valence-corrected chi connectivity index (χ3v) is 3.00. The van der Waals surface area contributed by atoms with Gasteiger partial charge < -0.3 is 20.4 Å². The number of hydrogen-bond acceptors (Lipinski definition) is 3. The van der Waals surface area contributed by atoms with Crippen LogP contribution in [0, 0.1) is 11.6 Å². The predicted octanol–water partition coefficient (Wildman–Crippen LogP) is 1.03. The van der Waals surface area contributed by atoms with Gasteiger partial charge in [0, 0.05) is 30.9 Å². The van der Waals surface area contributed by atoms with Gasteiger partial charge >= 0.3 is 6.18 Å². The molecule has 1 aromatic carbocycles. The SMILES string of the molecule is O=C([O-])C(F)(F)F.[NH3+]c1cc(F)c(C2CCOCC2)c(F)c1. The van der Waals surface area contributed by atoms with Crippen molar-refractivity contribution in [3.05, 3.63) is 29.3 Å². The van der Waals surface area contributed by atoms with Crippen molar-refractivity contribution in [1.29, 1.82) is 0 Å². The van der Waals surface area contributed by atoms with E-state index in [-0.39, 0.29) is 11.5 Å². The standard InChI is InChI=1S/C11H13F2NO.C2HF3O2/c12-9-5-8(14)6-10(13)11(9)7-1-3-15-4-2-7;3-2(4,5)1(6)7/h5-7H,1-4,14H2;(H,6,7). The summed E-state index contributed by atoms with van der Waals surface area (Å²) >= 11 is 0. The average molecular weight is 327 g/mol. The summed E-state index contributed by atoms with van der Waals surface area (Å²) in [4.78, 5) is 8.78. The van der Waals surface area contributed by atoms with Crippen molar-refractivity contribution in [3.63, 3.8) is 0 Å². The van der Waals surface area contributed by atoms with Crippen molar-refractivity contribution in [1.82, 2.24) is 0 Å². The van der Waals surface area contributed by atoms with Gasteiger partial charge in [0.25, 0.3) is 0 Å². The van der Waals surface area contributed by atoms with Crippen molar-refractivity contribution in [2.75, 3.05) is 13.2 Å². The van der Waals surface area contributed by atoms with E-state index in [1.165, 1.54) is 12.1 Å². The van der Waals surface area contributed by atoms with Gasteiger partial charge in [0.05, 0.1) is 0 Å². The molecule has 3 N–H and O–H groups in total. The molecule has 0 saturated carbocycles. The molecule has 1 fully saturated rings. The number of carboxylic acids is 1. The Hall–Kier alpha value is -1.74. The van der Waals surface area contributed by atoms with E-state index in [9.17, 15) is 22.0 Å². The van der Waals surface area contributed by atoms with Crippen LogP contribution in [-0.2, 0) is 9.53 Å². The zero-order chi connectivity index (χ0) is 16.9. The number of aliphatic carboxylic acids is 1. The van der Waals surface area contributed by atoms with Crippen LogP contribution in [-0.4, -0.2) is 25.4 Å². The number of benzene rings is 1. The van der Waals surface area contributed by atoms with Crippen LogP contribution in [0.1, 0.15) is 24.3 Å². The van der Waals surface area contributed by atoms with Gasteiger partial charge in [-0.05, 0) is 18.8 Å². The highest BCUT2D eigenvalue weighted by Gasteiger charge is 2.28. The number of hydrogen-bond donors (Lipinski definition) is 1. The molecule has 1 heterocycles. The Bertz CT molecular complexity index is 504. The summed E-state index contributed by atoms with van der Waals surface area (Å²) in [5, 5.41) is 8.78. The van der Waals surface area contributed by atoms with Gasteiger partial charge in [-0.25, -0.2) is 8.78 Å². The lowest BCUT2D eigenvalue weighted by atomic mass is 9.90. The number of ether oxygens (including phenoxy) is 1. The van der Waals surface area contributed by atoms with E-state index < -0.39 is 23.8 Å². The summed E-state index contributed by atoms with van der Waals surface area (Å²) in [6, 6.07) is 2.57. The number of alkyl halides is 3. The maximum Gasteiger partial charge on any atom is 0.430 e. The third-order valence-electron chi connectivity index (χ3n) is 3.00. The molecule has 1 aromatic rings. The summed E-state index contributed by atoms with van der Waals surface area (Å²) in [6.45, 7) is 1.16. The smallest absolute Gasteiger partial charge is 0.430 e. The first kappa shape index (κ1) is 18.3. The normalized spacial score (nSPS) is 15.9. The minimum absolute atomic E-state index is 0.0562. The number of carbonyl (C=O) groups is 1. The minimum Gasteiger partial charge on any atom is -0.542 e. The zero-order valence-electron chi connectivity index (χ0n) is 11.4. The number of carbonyl (C=O) groups excluding carboxylic acids is 1. The van der Waals surface area contributed by atoms with Gasteiger partial charge in [-0.15, -0.1) is 0 Å². The molecular formula is C13H14F5NO3. The lowest BCUT2D eigenvalue weighted by molar-refractivity contribution is -0.344. The fourth-order valence-corrected chi connectivity index (χ4v) is 2.01. The molecule has 4 nitrogen and oxygen atoms in total. The molecule has 1 aliphatic heterocycles. The maximum absolute atomic E-state index is 13.6. The molecule has 0 spiro atoms. The zero-order valence-corrected chi connectivity index (χ0v) is 11.4. The minimum atomic E-state index is -5.19. The van der Waals surface area contributed by atoms with Crippen LogP contribution in [0.5, 0.6) is 0 Å². The molecule has 0 aromatic heterocycles. The summed E-state index contributed by atoms with van der Waals surface area (Å²) in [6.07, 6.45) is -3.82. The summed E-state index contributed by atoms with van der Waals surface area (Å²) < 4.78 is 63.9. The van der Waals surface area contributed by atoms with Gasteiger partial charge in [0.2, 0.25) is 0 Å². The van der Waals surface area contributed by atoms with E-state index in [0.29, 0.717) is 31.7 Å². The van der Waals surface area contributed by atoms with Gasteiger partial charge in [-0.1, -0.05) is 0 Å². The molecule has 9 heteroatoms. The van der Waals surface area contributed by atoms with E-state index in [1.54, 1.807) is 0 Å². The molecule has 0 atom stereocenters. The Labute approximate surface area is 122 Å². The summed E-state index contributed by atoms with van der Waals surface area (Å²) in [5.74, 6) is -4.02. The van der Waals surface area contributed by atoms with E-state index in [0.717, 1.165) is 0 Å². The highest BCUT2D eigenvalue weighted by molar-refractivity contribution is 5.70. The van der Waals surface area contributed by atoms with Crippen LogP contribution < -0.4 is 10.8 Å². The molecule has 1 aliphatic rings.